The molecule has 1 amide bonds. The van der Waals surface area contributed by atoms with E-state index in [1.54, 1.807) is 22.9 Å². The van der Waals surface area contributed by atoms with E-state index < -0.39 is 24.5 Å². The van der Waals surface area contributed by atoms with E-state index in [9.17, 15) is 14.7 Å². The summed E-state index contributed by atoms with van der Waals surface area (Å²) >= 11 is 7.29. The van der Waals surface area contributed by atoms with Crippen LogP contribution in [0.25, 0.3) is 15.9 Å². The summed E-state index contributed by atoms with van der Waals surface area (Å²) in [6.07, 6.45) is 0. The molecule has 0 saturated carbocycles. The van der Waals surface area contributed by atoms with Crippen molar-refractivity contribution in [1.29, 1.82) is 0 Å². The van der Waals surface area contributed by atoms with Gasteiger partial charge in [0.1, 0.15) is 4.83 Å². The Balaban J connectivity index is 1.96. The molecule has 0 bridgehead atoms. The summed E-state index contributed by atoms with van der Waals surface area (Å²) in [7, 11) is 1.19. The van der Waals surface area contributed by atoms with Gasteiger partial charge in [0.25, 0.3) is 5.91 Å². The van der Waals surface area contributed by atoms with Gasteiger partial charge in [0.15, 0.2) is 6.04 Å². The van der Waals surface area contributed by atoms with Crippen molar-refractivity contribution in [2.45, 2.75) is 13.0 Å². The van der Waals surface area contributed by atoms with Crippen LogP contribution in [0.4, 0.5) is 0 Å². The number of aliphatic hydroxyl groups excluding tert-OH is 1. The fourth-order valence-corrected chi connectivity index (χ4v) is 3.76. The van der Waals surface area contributed by atoms with Gasteiger partial charge in [0.2, 0.25) is 0 Å². The van der Waals surface area contributed by atoms with E-state index >= 15 is 0 Å². The number of rotatable bonds is 5. The average Bonchev–Trinajstić information content (AvgIpc) is 3.19. The van der Waals surface area contributed by atoms with Gasteiger partial charge in [0.05, 0.1) is 30.0 Å². The number of aliphatic hydroxyl groups is 1. The molecular formula is C17H16ClN3O4S. The van der Waals surface area contributed by atoms with Crippen LogP contribution in [-0.2, 0) is 9.53 Å². The number of carbonyl (C=O) groups excluding carboxylic acids is 2. The van der Waals surface area contributed by atoms with Crippen molar-refractivity contribution < 1.29 is 19.4 Å². The van der Waals surface area contributed by atoms with Gasteiger partial charge in [-0.15, -0.1) is 11.3 Å². The molecule has 0 spiro atoms. The largest absolute Gasteiger partial charge is 0.467 e. The van der Waals surface area contributed by atoms with Crippen molar-refractivity contribution in [3.63, 3.8) is 0 Å². The second-order valence-electron chi connectivity index (χ2n) is 5.54. The molecule has 1 aromatic carbocycles. The number of nitrogens with zero attached hydrogens (tertiary/aromatic N) is 2. The molecule has 9 heteroatoms. The zero-order chi connectivity index (χ0) is 18.8. The number of aryl methyl sites for hydroxylation is 1. The standard InChI is InChI=1S/C17H16ClN3O4S/c1-9-12-7-14(15(23)19-13(8-22)17(24)25-2)26-16(12)21(20-9)11-5-3-4-10(18)6-11/h3-7,13,22H,8H2,1-2H3,(H,19,23)/t13-/m0/s1. The number of nitrogens with one attached hydrogen (secondary N) is 1. The van der Waals surface area contributed by atoms with Crippen LogP contribution in [0.1, 0.15) is 15.4 Å². The van der Waals surface area contributed by atoms with Gasteiger partial charge < -0.3 is 15.2 Å². The van der Waals surface area contributed by atoms with Crippen molar-refractivity contribution in [2.75, 3.05) is 13.7 Å². The summed E-state index contributed by atoms with van der Waals surface area (Å²) in [5, 5.41) is 17.6. The number of methoxy groups -OCH3 is 1. The molecule has 0 fully saturated rings. The number of amides is 1. The number of aromatic nitrogens is 2. The monoisotopic (exact) mass is 393 g/mol. The van der Waals surface area contributed by atoms with Crippen LogP contribution in [0.3, 0.4) is 0 Å². The Morgan fingerprint density at radius 3 is 2.85 bits per heavy atom. The minimum atomic E-state index is -1.11. The molecule has 2 heterocycles. The maximum atomic E-state index is 12.4. The molecular weight excluding hydrogens is 378 g/mol. The summed E-state index contributed by atoms with van der Waals surface area (Å²) < 4.78 is 6.28. The van der Waals surface area contributed by atoms with Crippen LogP contribution < -0.4 is 5.32 Å². The molecule has 26 heavy (non-hydrogen) atoms. The highest BCUT2D eigenvalue weighted by Gasteiger charge is 2.23. The number of thiophene rings is 1. The maximum absolute atomic E-state index is 12.4. The van der Waals surface area contributed by atoms with Crippen molar-refractivity contribution in [3.8, 4) is 5.69 Å². The van der Waals surface area contributed by atoms with Gasteiger partial charge in [0, 0.05) is 10.4 Å². The van der Waals surface area contributed by atoms with Crippen LogP contribution in [0.5, 0.6) is 0 Å². The van der Waals surface area contributed by atoms with Crippen molar-refractivity contribution in [2.24, 2.45) is 0 Å². The first-order chi connectivity index (χ1) is 12.4. The third-order valence-electron chi connectivity index (χ3n) is 3.79. The Morgan fingerprint density at radius 1 is 1.42 bits per heavy atom. The van der Waals surface area contributed by atoms with Gasteiger partial charge in [-0.3, -0.25) is 4.79 Å². The molecule has 0 aliphatic carbocycles. The van der Waals surface area contributed by atoms with Crippen LogP contribution in [0.15, 0.2) is 30.3 Å². The summed E-state index contributed by atoms with van der Waals surface area (Å²) in [5.74, 6) is -1.17. The molecule has 1 atom stereocenters. The van der Waals surface area contributed by atoms with Gasteiger partial charge in [-0.2, -0.15) is 5.10 Å². The first-order valence-corrected chi connectivity index (χ1v) is 8.88. The lowest BCUT2D eigenvalue weighted by molar-refractivity contribution is -0.143. The summed E-state index contributed by atoms with van der Waals surface area (Å²) in [6.45, 7) is 1.31. The minimum absolute atomic E-state index is 0.402. The first kappa shape index (κ1) is 18.4. The second-order valence-corrected chi connectivity index (χ2v) is 7.01. The fraction of sp³-hybridized carbons (Fsp3) is 0.235. The van der Waals surface area contributed by atoms with Crippen LogP contribution in [0.2, 0.25) is 5.02 Å². The number of ether oxygens (including phenoxy) is 1. The van der Waals surface area contributed by atoms with E-state index in [0.29, 0.717) is 9.90 Å². The third kappa shape index (κ3) is 3.44. The zero-order valence-corrected chi connectivity index (χ0v) is 15.6. The normalized spacial score (nSPS) is 12.2. The highest BCUT2D eigenvalue weighted by Crippen LogP contribution is 2.31. The van der Waals surface area contributed by atoms with E-state index in [4.69, 9.17) is 11.6 Å². The van der Waals surface area contributed by atoms with Crippen molar-refractivity contribution in [1.82, 2.24) is 15.1 Å². The quantitative estimate of drug-likeness (QED) is 0.649. The summed E-state index contributed by atoms with van der Waals surface area (Å²) in [5.41, 5.74) is 1.55. The molecule has 0 aliphatic rings. The molecule has 7 nitrogen and oxygen atoms in total. The highest BCUT2D eigenvalue weighted by atomic mass is 35.5. The number of esters is 1. The average molecular weight is 394 g/mol. The Bertz CT molecular complexity index is 982. The van der Waals surface area contributed by atoms with Crippen LogP contribution >= 0.6 is 22.9 Å². The SMILES string of the molecule is COC(=O)[C@H](CO)NC(=O)c1cc2c(C)nn(-c3cccc(Cl)c3)c2s1. The topological polar surface area (TPSA) is 93.4 Å². The lowest BCUT2D eigenvalue weighted by Gasteiger charge is -2.12. The molecule has 0 saturated heterocycles. The molecule has 3 aromatic rings. The van der Waals surface area contributed by atoms with Crippen LogP contribution in [0, 0.1) is 6.92 Å². The summed E-state index contributed by atoms with van der Waals surface area (Å²) in [4.78, 5) is 25.2. The Kier molecular flexibility index (Phi) is 5.26. The van der Waals surface area contributed by atoms with Crippen molar-refractivity contribution in [3.05, 3.63) is 45.9 Å². The van der Waals surface area contributed by atoms with E-state index in [1.165, 1.54) is 18.4 Å². The number of benzene rings is 1. The van der Waals surface area contributed by atoms with E-state index in [1.807, 2.05) is 19.1 Å². The minimum Gasteiger partial charge on any atom is -0.467 e. The maximum Gasteiger partial charge on any atom is 0.330 e. The Morgan fingerprint density at radius 2 is 2.19 bits per heavy atom. The number of carbonyl (C=O) groups is 2. The third-order valence-corrected chi connectivity index (χ3v) is 5.14. The molecule has 0 unspecified atom stereocenters. The zero-order valence-electron chi connectivity index (χ0n) is 14.0. The smallest absolute Gasteiger partial charge is 0.330 e. The molecule has 3 rings (SSSR count). The second kappa shape index (κ2) is 7.45. The fourth-order valence-electron chi connectivity index (χ4n) is 2.49. The van der Waals surface area contributed by atoms with Gasteiger partial charge >= 0.3 is 5.97 Å². The molecule has 2 aromatic heterocycles. The highest BCUT2D eigenvalue weighted by molar-refractivity contribution is 7.20. The van der Waals surface area contributed by atoms with Crippen molar-refractivity contribution >= 4 is 45.0 Å². The lowest BCUT2D eigenvalue weighted by atomic mass is 10.2. The Hall–Kier alpha value is -2.42. The van der Waals surface area contributed by atoms with E-state index in [2.05, 4.69) is 15.2 Å². The van der Waals surface area contributed by atoms with E-state index in [-0.39, 0.29) is 0 Å². The number of hydrogen-bond donors (Lipinski definition) is 2. The molecule has 2 N–H and O–H groups in total. The predicted octanol–water partition coefficient (Wildman–Crippen LogP) is 2.31. The summed E-state index contributed by atoms with van der Waals surface area (Å²) in [6, 6.07) is 7.85. The van der Waals surface area contributed by atoms with E-state index in [0.717, 1.165) is 21.6 Å². The number of halogens is 1. The van der Waals surface area contributed by atoms with Crippen LogP contribution in [-0.4, -0.2) is 46.5 Å². The predicted molar refractivity (Wildman–Crippen MR) is 99.1 cm³/mol. The van der Waals surface area contributed by atoms with Gasteiger partial charge in [-0.05, 0) is 31.2 Å². The van der Waals surface area contributed by atoms with Gasteiger partial charge in [-0.1, -0.05) is 17.7 Å². The van der Waals surface area contributed by atoms with Gasteiger partial charge in [-0.25, -0.2) is 9.48 Å². The molecule has 136 valence electrons. The molecule has 0 radical (unpaired) electrons. The first-order valence-electron chi connectivity index (χ1n) is 7.69. The lowest BCUT2D eigenvalue weighted by Crippen LogP contribution is -2.43. The molecule has 0 aliphatic heterocycles. The Labute approximate surface area is 158 Å². The number of fused-ring (bicyclic) bond motifs is 1. The number of hydrogen-bond acceptors (Lipinski definition) is 6.